The minimum Gasteiger partial charge on any atom is -0.457 e. The molecule has 3 unspecified atom stereocenters. The van der Waals surface area contributed by atoms with Crippen LogP contribution in [-0.4, -0.2) is 66.3 Å². The second-order valence-corrected chi connectivity index (χ2v) is 20.1. The summed E-state index contributed by atoms with van der Waals surface area (Å²) in [7, 11) is -4.52. The Balaban J connectivity index is 3.99. The van der Waals surface area contributed by atoms with E-state index in [1.807, 2.05) is 0 Å². The zero-order valence-electron chi connectivity index (χ0n) is 42.0. The fourth-order valence-electron chi connectivity index (χ4n) is 7.98. The van der Waals surface area contributed by atoms with Gasteiger partial charge in [-0.25, -0.2) is 4.57 Å². The molecule has 0 amide bonds. The van der Waals surface area contributed by atoms with Crippen molar-refractivity contribution in [1.82, 2.24) is 0 Å². The molecule has 0 aromatic rings. The van der Waals surface area contributed by atoms with Crippen molar-refractivity contribution in [2.75, 3.05) is 33.0 Å². The summed E-state index contributed by atoms with van der Waals surface area (Å²) in [5.74, 6) is -0.381. The van der Waals surface area contributed by atoms with Crippen molar-refractivity contribution in [3.05, 3.63) is 24.3 Å². The van der Waals surface area contributed by atoms with Gasteiger partial charge in [-0.05, 0) is 44.9 Å². The lowest BCUT2D eigenvalue weighted by molar-refractivity contribution is -0.154. The van der Waals surface area contributed by atoms with Crippen molar-refractivity contribution in [2.24, 2.45) is 0 Å². The van der Waals surface area contributed by atoms with Gasteiger partial charge in [-0.15, -0.1) is 0 Å². The third-order valence-corrected chi connectivity index (χ3v) is 13.1. The molecule has 380 valence electrons. The predicted molar refractivity (Wildman–Crippen MR) is 270 cm³/mol. The Morgan fingerprint density at radius 1 is 0.484 bits per heavy atom. The molecule has 0 aliphatic heterocycles. The average molecular weight is 929 g/mol. The molecule has 3 N–H and O–H groups in total. The van der Waals surface area contributed by atoms with Gasteiger partial charge in [0.25, 0.3) is 0 Å². The first-order valence-corrected chi connectivity index (χ1v) is 28.8. The summed E-state index contributed by atoms with van der Waals surface area (Å²) in [6.07, 6.45) is 57.2. The van der Waals surface area contributed by atoms with E-state index in [1.54, 1.807) is 0 Å². The van der Waals surface area contributed by atoms with Gasteiger partial charge in [0.1, 0.15) is 12.2 Å². The van der Waals surface area contributed by atoms with E-state index >= 15 is 0 Å². The van der Waals surface area contributed by atoms with Gasteiger partial charge in [-0.1, -0.05) is 244 Å². The van der Waals surface area contributed by atoms with Crippen LogP contribution >= 0.6 is 7.82 Å². The molecular weight excluding hydrogens is 824 g/mol. The number of rotatable bonds is 53. The van der Waals surface area contributed by atoms with Crippen LogP contribution in [0.25, 0.3) is 0 Å². The lowest BCUT2D eigenvalue weighted by Gasteiger charge is -2.20. The molecule has 3 atom stereocenters. The Hall–Kier alpha value is -1.06. The molecule has 0 saturated heterocycles. The quantitative estimate of drug-likeness (QED) is 0.0236. The molecule has 0 saturated carbocycles. The van der Waals surface area contributed by atoms with Gasteiger partial charge in [0.05, 0.1) is 26.4 Å². The molecule has 0 spiro atoms. The summed E-state index contributed by atoms with van der Waals surface area (Å²) in [5, 5.41) is 18.4. The summed E-state index contributed by atoms with van der Waals surface area (Å²) >= 11 is 0. The highest BCUT2D eigenvalue weighted by Gasteiger charge is 2.26. The maximum Gasteiger partial charge on any atom is 0.472 e. The average Bonchev–Trinajstić information content (AvgIpc) is 3.29. The molecule has 0 fully saturated rings. The highest BCUT2D eigenvalue weighted by molar-refractivity contribution is 7.47. The van der Waals surface area contributed by atoms with Crippen LogP contribution in [0.2, 0.25) is 0 Å². The molecule has 0 aliphatic rings. The van der Waals surface area contributed by atoms with Crippen LogP contribution in [-0.2, 0) is 27.9 Å². The van der Waals surface area contributed by atoms with Gasteiger partial charge >= 0.3 is 13.8 Å². The number of unbranched alkanes of at least 4 members (excludes halogenated alkanes) is 35. The highest BCUT2D eigenvalue weighted by Crippen LogP contribution is 2.43. The monoisotopic (exact) mass is 929 g/mol. The lowest BCUT2D eigenvalue weighted by atomic mass is 10.0. The zero-order valence-corrected chi connectivity index (χ0v) is 42.9. The van der Waals surface area contributed by atoms with E-state index in [1.165, 1.54) is 212 Å². The first-order chi connectivity index (χ1) is 31.3. The molecule has 0 aromatic carbocycles. The number of hydrogen-bond donors (Lipinski definition) is 3. The van der Waals surface area contributed by atoms with Crippen molar-refractivity contribution in [2.45, 2.75) is 283 Å². The number of phosphoric ester groups is 1. The van der Waals surface area contributed by atoms with Gasteiger partial charge in [-0.3, -0.25) is 13.8 Å². The van der Waals surface area contributed by atoms with E-state index in [9.17, 15) is 19.4 Å². The maximum atomic E-state index is 12.7. The molecule has 64 heavy (non-hydrogen) atoms. The topological polar surface area (TPSA) is 132 Å². The molecule has 0 bridgehead atoms. The molecule has 0 rings (SSSR count). The van der Waals surface area contributed by atoms with Crippen molar-refractivity contribution in [3.63, 3.8) is 0 Å². The summed E-state index contributed by atoms with van der Waals surface area (Å²) in [4.78, 5) is 22.7. The van der Waals surface area contributed by atoms with E-state index in [0.29, 0.717) is 6.61 Å². The molecule has 0 aromatic heterocycles. The van der Waals surface area contributed by atoms with Gasteiger partial charge < -0.3 is 24.6 Å². The van der Waals surface area contributed by atoms with Gasteiger partial charge in [0, 0.05) is 13.0 Å². The van der Waals surface area contributed by atoms with Crippen molar-refractivity contribution in [3.8, 4) is 0 Å². The number of hydrogen-bond acceptors (Lipinski definition) is 8. The number of esters is 1. The van der Waals surface area contributed by atoms with Crippen molar-refractivity contribution >= 4 is 13.8 Å². The van der Waals surface area contributed by atoms with Crippen molar-refractivity contribution < 1.29 is 43.0 Å². The number of carbonyl (C=O) groups excluding carboxylic acids is 1. The first-order valence-electron chi connectivity index (χ1n) is 27.3. The van der Waals surface area contributed by atoms with E-state index in [-0.39, 0.29) is 25.6 Å². The number of ether oxygens (including phenoxy) is 2. The van der Waals surface area contributed by atoms with E-state index < -0.39 is 33.2 Å². The molecule has 9 nitrogen and oxygen atoms in total. The number of aliphatic hydroxyl groups is 2. The number of carbonyl (C=O) groups is 1. The van der Waals surface area contributed by atoms with Crippen LogP contribution in [0.1, 0.15) is 271 Å². The van der Waals surface area contributed by atoms with Crippen LogP contribution in [0, 0.1) is 0 Å². The molecule has 0 radical (unpaired) electrons. The Morgan fingerprint density at radius 2 is 0.844 bits per heavy atom. The maximum absolute atomic E-state index is 12.7. The second kappa shape index (κ2) is 51.3. The highest BCUT2D eigenvalue weighted by atomic mass is 31.2. The number of aliphatic hydroxyl groups excluding tert-OH is 2. The van der Waals surface area contributed by atoms with Crippen LogP contribution < -0.4 is 0 Å². The fraction of sp³-hybridized carbons (Fsp3) is 0.907. The number of phosphoric acid groups is 1. The van der Waals surface area contributed by atoms with Crippen LogP contribution in [0.15, 0.2) is 24.3 Å². The normalized spacial score (nSPS) is 13.9. The van der Waals surface area contributed by atoms with Gasteiger partial charge in [0.15, 0.2) is 0 Å². The predicted octanol–water partition coefficient (Wildman–Crippen LogP) is 16.2. The zero-order chi connectivity index (χ0) is 46.7. The van der Waals surface area contributed by atoms with Crippen molar-refractivity contribution in [1.29, 1.82) is 0 Å². The Kier molecular flexibility index (Phi) is 50.5. The summed E-state index contributed by atoms with van der Waals surface area (Å²) < 4.78 is 33.6. The van der Waals surface area contributed by atoms with Gasteiger partial charge in [0.2, 0.25) is 0 Å². The summed E-state index contributed by atoms with van der Waals surface area (Å²) in [5.41, 5.74) is 0. The minimum absolute atomic E-state index is 0.0528. The Bertz CT molecular complexity index is 1050. The molecular formula is C54H105O9P. The van der Waals surface area contributed by atoms with E-state index in [4.69, 9.17) is 23.6 Å². The largest absolute Gasteiger partial charge is 0.472 e. The lowest BCUT2D eigenvalue weighted by Crippen LogP contribution is -2.29. The standard InChI is InChI=1S/C54H105O9P/c1-3-5-7-9-11-13-15-17-19-21-23-24-25-26-27-29-31-33-35-37-39-41-43-45-47-60-50-53(51-62-64(58,59)61-49-52(56)48-55)63-54(57)46-44-42-40-38-36-34-32-30-28-22-20-18-16-14-12-10-8-6-4-2/h12,14,18,20,52-53,55-56H,3-11,13,15-17,19,21-51H2,1-2H3,(H,58,59)/b14-12-,20-18-. The van der Waals surface area contributed by atoms with E-state index in [2.05, 4.69) is 38.2 Å². The van der Waals surface area contributed by atoms with Crippen LogP contribution in [0.5, 0.6) is 0 Å². The van der Waals surface area contributed by atoms with Crippen LogP contribution in [0.3, 0.4) is 0 Å². The Morgan fingerprint density at radius 3 is 1.28 bits per heavy atom. The summed E-state index contributed by atoms with van der Waals surface area (Å²) in [6.45, 7) is 3.56. The fourth-order valence-corrected chi connectivity index (χ4v) is 8.77. The SMILES string of the molecule is CCCCC/C=C\C/C=C\CCCCCCCCCCCC(=O)OC(COCCCCCCCCCCCCCCCCCCCCCCCCCC)COP(=O)(O)OCC(O)CO. The third kappa shape index (κ3) is 50.4. The third-order valence-electron chi connectivity index (χ3n) is 12.1. The van der Waals surface area contributed by atoms with E-state index in [0.717, 1.165) is 38.5 Å². The molecule has 0 heterocycles. The smallest absolute Gasteiger partial charge is 0.457 e. The molecule has 0 aliphatic carbocycles. The minimum atomic E-state index is -4.52. The number of allylic oxidation sites excluding steroid dienone is 4. The first kappa shape index (κ1) is 62.9. The van der Waals surface area contributed by atoms with Crippen LogP contribution in [0.4, 0.5) is 0 Å². The van der Waals surface area contributed by atoms with Gasteiger partial charge in [-0.2, -0.15) is 0 Å². The Labute approximate surface area is 395 Å². The summed E-state index contributed by atoms with van der Waals surface area (Å²) in [6, 6.07) is 0. The molecule has 10 heteroatoms. The second-order valence-electron chi connectivity index (χ2n) is 18.6.